The van der Waals surface area contributed by atoms with E-state index in [0.717, 1.165) is 18.1 Å². The van der Waals surface area contributed by atoms with E-state index in [-0.39, 0.29) is 0 Å². The normalized spacial score (nSPS) is 13.0. The molecule has 13 heavy (non-hydrogen) atoms. The number of oxazole rings is 1. The molecule has 1 N–H and O–H groups in total. The standard InChI is InChI=1S/C8H14N2O2S/c1-2-13(11)4-3-9-5-8-6-10-7-12-8/h6-7,9H,2-5H2,1H3. The molecule has 74 valence electrons. The molecule has 0 aliphatic carbocycles. The van der Waals surface area contributed by atoms with Crippen molar-refractivity contribution in [3.63, 3.8) is 0 Å². The molecule has 5 heteroatoms. The molecule has 1 aromatic rings. The van der Waals surface area contributed by atoms with Crippen molar-refractivity contribution in [2.45, 2.75) is 13.5 Å². The molecule has 0 saturated carbocycles. The minimum Gasteiger partial charge on any atom is -0.447 e. The quantitative estimate of drug-likeness (QED) is 0.684. The number of aromatic nitrogens is 1. The molecule has 0 aliphatic rings. The maximum absolute atomic E-state index is 11.0. The molecule has 0 radical (unpaired) electrons. The van der Waals surface area contributed by atoms with E-state index >= 15 is 0 Å². The maximum atomic E-state index is 11.0. The van der Waals surface area contributed by atoms with Crippen LogP contribution in [-0.2, 0) is 17.3 Å². The van der Waals surface area contributed by atoms with Gasteiger partial charge in [0.25, 0.3) is 0 Å². The van der Waals surface area contributed by atoms with Crippen molar-refractivity contribution >= 4 is 10.8 Å². The molecule has 0 saturated heterocycles. The van der Waals surface area contributed by atoms with Crippen LogP contribution in [0.3, 0.4) is 0 Å². The van der Waals surface area contributed by atoms with Gasteiger partial charge in [0.1, 0.15) is 5.76 Å². The molecule has 0 aliphatic heterocycles. The van der Waals surface area contributed by atoms with Gasteiger partial charge < -0.3 is 9.73 Å². The van der Waals surface area contributed by atoms with Crippen molar-refractivity contribution in [2.24, 2.45) is 0 Å². The van der Waals surface area contributed by atoms with Gasteiger partial charge in [-0.2, -0.15) is 0 Å². The van der Waals surface area contributed by atoms with Gasteiger partial charge in [0.15, 0.2) is 6.39 Å². The second kappa shape index (κ2) is 5.88. The van der Waals surface area contributed by atoms with Crippen LogP contribution in [0.4, 0.5) is 0 Å². The first-order valence-electron chi connectivity index (χ1n) is 4.26. The van der Waals surface area contributed by atoms with E-state index in [1.54, 1.807) is 6.20 Å². The van der Waals surface area contributed by atoms with E-state index in [4.69, 9.17) is 4.42 Å². The Morgan fingerprint density at radius 1 is 1.69 bits per heavy atom. The van der Waals surface area contributed by atoms with Gasteiger partial charge >= 0.3 is 0 Å². The van der Waals surface area contributed by atoms with Gasteiger partial charge in [-0.15, -0.1) is 0 Å². The van der Waals surface area contributed by atoms with Crippen molar-refractivity contribution in [1.82, 2.24) is 10.3 Å². The average molecular weight is 202 g/mol. The van der Waals surface area contributed by atoms with E-state index in [9.17, 15) is 4.21 Å². The van der Waals surface area contributed by atoms with Gasteiger partial charge in [0, 0.05) is 28.9 Å². The van der Waals surface area contributed by atoms with Crippen LogP contribution in [0.1, 0.15) is 12.7 Å². The van der Waals surface area contributed by atoms with Crippen LogP contribution in [0.5, 0.6) is 0 Å². The molecule has 0 aromatic carbocycles. The summed E-state index contributed by atoms with van der Waals surface area (Å²) in [5.41, 5.74) is 0. The zero-order valence-corrected chi connectivity index (χ0v) is 8.47. The van der Waals surface area contributed by atoms with Crippen LogP contribution < -0.4 is 5.32 Å². The molecule has 0 fully saturated rings. The van der Waals surface area contributed by atoms with E-state index < -0.39 is 10.8 Å². The summed E-state index contributed by atoms with van der Waals surface area (Å²) in [7, 11) is -0.684. The third kappa shape index (κ3) is 4.19. The summed E-state index contributed by atoms with van der Waals surface area (Å²) in [6, 6.07) is 0. The van der Waals surface area contributed by atoms with Gasteiger partial charge in [-0.05, 0) is 0 Å². The Morgan fingerprint density at radius 3 is 3.15 bits per heavy atom. The summed E-state index contributed by atoms with van der Waals surface area (Å²) >= 11 is 0. The first-order valence-corrected chi connectivity index (χ1v) is 5.74. The fourth-order valence-corrected chi connectivity index (χ4v) is 1.53. The highest BCUT2D eigenvalue weighted by atomic mass is 32.2. The minimum atomic E-state index is -0.684. The van der Waals surface area contributed by atoms with Crippen LogP contribution in [0.15, 0.2) is 17.0 Å². The number of nitrogens with one attached hydrogen (secondary N) is 1. The lowest BCUT2D eigenvalue weighted by atomic mass is 10.5. The van der Waals surface area contributed by atoms with Crippen molar-refractivity contribution < 1.29 is 8.63 Å². The number of hydrogen-bond donors (Lipinski definition) is 1. The lowest BCUT2D eigenvalue weighted by Gasteiger charge is -2.00. The average Bonchev–Trinajstić information content (AvgIpc) is 2.64. The maximum Gasteiger partial charge on any atom is 0.180 e. The van der Waals surface area contributed by atoms with Crippen LogP contribution in [0.2, 0.25) is 0 Å². The van der Waals surface area contributed by atoms with E-state index in [1.165, 1.54) is 6.39 Å². The van der Waals surface area contributed by atoms with Gasteiger partial charge in [-0.3, -0.25) is 4.21 Å². The smallest absolute Gasteiger partial charge is 0.180 e. The Morgan fingerprint density at radius 2 is 2.54 bits per heavy atom. The monoisotopic (exact) mass is 202 g/mol. The molecule has 1 atom stereocenters. The molecule has 0 amide bonds. The van der Waals surface area contributed by atoms with Crippen LogP contribution in [0, 0.1) is 0 Å². The van der Waals surface area contributed by atoms with Gasteiger partial charge in [-0.25, -0.2) is 4.98 Å². The van der Waals surface area contributed by atoms with Gasteiger partial charge in [-0.1, -0.05) is 6.92 Å². The fraction of sp³-hybridized carbons (Fsp3) is 0.625. The topological polar surface area (TPSA) is 55.1 Å². The summed E-state index contributed by atoms with van der Waals surface area (Å²) in [4.78, 5) is 3.79. The second-order valence-corrected chi connectivity index (χ2v) is 4.44. The van der Waals surface area contributed by atoms with Crippen molar-refractivity contribution in [2.75, 3.05) is 18.1 Å². The van der Waals surface area contributed by atoms with Crippen molar-refractivity contribution in [3.8, 4) is 0 Å². The Labute approximate surface area is 80.2 Å². The Hall–Kier alpha value is -0.680. The van der Waals surface area contributed by atoms with E-state index in [2.05, 4.69) is 10.3 Å². The Kier molecular flexibility index (Phi) is 4.70. The number of nitrogens with zero attached hydrogens (tertiary/aromatic N) is 1. The van der Waals surface area contributed by atoms with Crippen LogP contribution >= 0.6 is 0 Å². The van der Waals surface area contributed by atoms with Crippen molar-refractivity contribution in [3.05, 3.63) is 18.4 Å². The summed E-state index contributed by atoms with van der Waals surface area (Å²) in [5, 5.41) is 3.13. The fourth-order valence-electron chi connectivity index (χ4n) is 0.871. The number of hydrogen-bond acceptors (Lipinski definition) is 4. The SMILES string of the molecule is CCS(=O)CCNCc1cnco1. The zero-order chi connectivity index (χ0) is 9.52. The summed E-state index contributed by atoms with van der Waals surface area (Å²) < 4.78 is 16.0. The number of rotatable bonds is 6. The van der Waals surface area contributed by atoms with Gasteiger partial charge in [0.05, 0.1) is 12.7 Å². The molecule has 1 unspecified atom stereocenters. The Bertz CT molecular complexity index is 249. The molecule has 4 nitrogen and oxygen atoms in total. The summed E-state index contributed by atoms with van der Waals surface area (Å²) in [6.45, 7) is 3.33. The van der Waals surface area contributed by atoms with E-state index in [0.29, 0.717) is 12.3 Å². The molecule has 0 bridgehead atoms. The predicted molar refractivity (Wildman–Crippen MR) is 51.8 cm³/mol. The highest BCUT2D eigenvalue weighted by molar-refractivity contribution is 7.84. The van der Waals surface area contributed by atoms with Crippen LogP contribution in [-0.4, -0.2) is 27.2 Å². The molecular weight excluding hydrogens is 188 g/mol. The van der Waals surface area contributed by atoms with Crippen molar-refractivity contribution in [1.29, 1.82) is 0 Å². The lowest BCUT2D eigenvalue weighted by Crippen LogP contribution is -2.20. The highest BCUT2D eigenvalue weighted by Gasteiger charge is 1.97. The third-order valence-corrected chi connectivity index (χ3v) is 2.91. The molecule has 0 spiro atoms. The lowest BCUT2D eigenvalue weighted by molar-refractivity contribution is 0.483. The molecular formula is C8H14N2O2S. The second-order valence-electron chi connectivity index (χ2n) is 2.58. The van der Waals surface area contributed by atoms with Gasteiger partial charge in [0.2, 0.25) is 0 Å². The highest BCUT2D eigenvalue weighted by Crippen LogP contribution is 1.94. The molecule has 1 aromatic heterocycles. The first-order chi connectivity index (χ1) is 6.33. The summed E-state index contributed by atoms with van der Waals surface area (Å²) in [5.74, 6) is 2.23. The minimum absolute atomic E-state index is 0.654. The van der Waals surface area contributed by atoms with Crippen LogP contribution in [0.25, 0.3) is 0 Å². The molecule has 1 rings (SSSR count). The first kappa shape index (κ1) is 10.4. The Balaban J connectivity index is 2.05. The summed E-state index contributed by atoms with van der Waals surface area (Å²) in [6.07, 6.45) is 3.07. The third-order valence-electron chi connectivity index (χ3n) is 1.61. The predicted octanol–water partition coefficient (Wildman–Crippen LogP) is 0.533. The largest absolute Gasteiger partial charge is 0.447 e. The zero-order valence-electron chi connectivity index (χ0n) is 7.66. The molecule has 1 heterocycles. The van der Waals surface area contributed by atoms with E-state index in [1.807, 2.05) is 6.92 Å².